The summed E-state index contributed by atoms with van der Waals surface area (Å²) in [6.45, 7) is 2.54. The molecule has 94 valence electrons. The predicted octanol–water partition coefficient (Wildman–Crippen LogP) is 0.111. The van der Waals surface area contributed by atoms with Gasteiger partial charge in [0.2, 0.25) is 5.91 Å². The number of hydrogen-bond acceptors (Lipinski definition) is 3. The number of unbranched alkanes of at least 4 members (excludes halogenated alkanes) is 1. The Balaban J connectivity index is 3.86. The maximum absolute atomic E-state index is 11.5. The van der Waals surface area contributed by atoms with Crippen LogP contribution in [-0.2, 0) is 4.79 Å². The van der Waals surface area contributed by atoms with Crippen LogP contribution in [0.15, 0.2) is 4.99 Å². The Labute approximate surface area is 102 Å². The Morgan fingerprint density at radius 1 is 1.44 bits per heavy atom. The molecule has 0 aromatic heterocycles. The van der Waals surface area contributed by atoms with Crippen molar-refractivity contribution in [2.75, 3.05) is 13.6 Å². The second kappa shape index (κ2) is 8.27. The van der Waals surface area contributed by atoms with Crippen molar-refractivity contribution in [2.24, 2.45) is 22.4 Å². The summed E-state index contributed by atoms with van der Waals surface area (Å²) in [7, 11) is 1.64. The molecule has 5 N–H and O–H groups in total. The van der Waals surface area contributed by atoms with Crippen molar-refractivity contribution in [2.45, 2.75) is 31.4 Å². The van der Waals surface area contributed by atoms with Gasteiger partial charge < -0.3 is 16.8 Å². The van der Waals surface area contributed by atoms with Gasteiger partial charge in [-0.1, -0.05) is 13.3 Å². The van der Waals surface area contributed by atoms with Crippen LogP contribution < -0.4 is 16.8 Å². The molecule has 0 spiro atoms. The molecule has 1 amide bonds. The Bertz CT molecular complexity index is 239. The average molecular weight is 246 g/mol. The highest BCUT2D eigenvalue weighted by Gasteiger charge is 2.20. The van der Waals surface area contributed by atoms with Crippen molar-refractivity contribution in [1.29, 1.82) is 0 Å². The van der Waals surface area contributed by atoms with Crippen LogP contribution in [-0.4, -0.2) is 30.7 Å². The molecule has 1 unspecified atom stereocenters. The van der Waals surface area contributed by atoms with Crippen LogP contribution in [0.5, 0.6) is 0 Å². The number of aliphatic imine (C=N–C) groups is 1. The van der Waals surface area contributed by atoms with Gasteiger partial charge in [-0.2, -0.15) is 12.6 Å². The van der Waals surface area contributed by atoms with Crippen LogP contribution in [0.2, 0.25) is 0 Å². The third-order valence-electron chi connectivity index (χ3n) is 2.38. The van der Waals surface area contributed by atoms with E-state index in [4.69, 9.17) is 11.5 Å². The summed E-state index contributed by atoms with van der Waals surface area (Å²) in [6, 6.07) is 0. The number of guanidine groups is 1. The molecule has 0 saturated carbocycles. The largest absolute Gasteiger partial charge is 0.370 e. The second-order valence-corrected chi connectivity index (χ2v) is 4.58. The molecule has 0 aromatic carbocycles. The Morgan fingerprint density at radius 3 is 2.50 bits per heavy atom. The molecule has 16 heavy (non-hydrogen) atoms. The first-order chi connectivity index (χ1) is 7.49. The topological polar surface area (TPSA) is 93.5 Å². The summed E-state index contributed by atoms with van der Waals surface area (Å²) in [5.74, 6) is 0.113. The molecule has 6 heteroatoms. The van der Waals surface area contributed by atoms with Crippen LogP contribution >= 0.6 is 12.6 Å². The lowest BCUT2D eigenvalue weighted by Crippen LogP contribution is -2.32. The molecule has 0 heterocycles. The fourth-order valence-corrected chi connectivity index (χ4v) is 1.75. The molecule has 2 atom stereocenters. The monoisotopic (exact) mass is 246 g/mol. The van der Waals surface area contributed by atoms with E-state index in [2.05, 4.69) is 22.9 Å². The summed E-state index contributed by atoms with van der Waals surface area (Å²) in [6.07, 6.45) is 2.61. The zero-order valence-corrected chi connectivity index (χ0v) is 10.8. The van der Waals surface area contributed by atoms with Crippen LogP contribution in [0, 0.1) is 5.92 Å². The van der Waals surface area contributed by atoms with Crippen molar-refractivity contribution in [1.82, 2.24) is 5.32 Å². The van der Waals surface area contributed by atoms with Crippen LogP contribution in [0.25, 0.3) is 0 Å². The standard InChI is InChI=1S/C10H22N4OS/c1-7(16)8(9(15)13-2)5-3-4-6-14-10(11)12/h7-8,16H,3-6H2,1-2H3,(H,13,15)(H4,11,12,14)/t7?,8-/m1/s1. The van der Waals surface area contributed by atoms with E-state index in [1.807, 2.05) is 6.92 Å². The van der Waals surface area contributed by atoms with E-state index in [-0.39, 0.29) is 23.0 Å². The van der Waals surface area contributed by atoms with E-state index < -0.39 is 0 Å². The van der Waals surface area contributed by atoms with Gasteiger partial charge >= 0.3 is 0 Å². The summed E-state index contributed by atoms with van der Waals surface area (Å²) in [5, 5.41) is 2.71. The third-order valence-corrected chi connectivity index (χ3v) is 2.74. The van der Waals surface area contributed by atoms with Gasteiger partial charge in [0.1, 0.15) is 0 Å². The normalized spacial score (nSPS) is 13.9. The molecular weight excluding hydrogens is 224 g/mol. The summed E-state index contributed by atoms with van der Waals surface area (Å²) in [5.41, 5.74) is 10.4. The number of carbonyl (C=O) groups excluding carboxylic acids is 1. The fourth-order valence-electron chi connectivity index (χ4n) is 1.46. The highest BCUT2D eigenvalue weighted by molar-refractivity contribution is 7.81. The lowest BCUT2D eigenvalue weighted by Gasteiger charge is -2.17. The maximum Gasteiger partial charge on any atom is 0.223 e. The van der Waals surface area contributed by atoms with Gasteiger partial charge in [0.15, 0.2) is 5.96 Å². The predicted molar refractivity (Wildman–Crippen MR) is 70.5 cm³/mol. The number of nitrogens with one attached hydrogen (secondary N) is 1. The van der Waals surface area contributed by atoms with E-state index >= 15 is 0 Å². The van der Waals surface area contributed by atoms with E-state index in [1.165, 1.54) is 0 Å². The zero-order chi connectivity index (χ0) is 12.6. The number of hydrogen-bond donors (Lipinski definition) is 4. The van der Waals surface area contributed by atoms with E-state index in [0.29, 0.717) is 6.54 Å². The van der Waals surface area contributed by atoms with Crippen molar-refractivity contribution >= 4 is 24.5 Å². The quantitative estimate of drug-likeness (QED) is 0.222. The first-order valence-corrected chi connectivity index (χ1v) is 5.95. The lowest BCUT2D eigenvalue weighted by molar-refractivity contribution is -0.124. The Kier molecular flexibility index (Phi) is 7.80. The number of amides is 1. The Hall–Kier alpha value is -0.910. The van der Waals surface area contributed by atoms with Crippen molar-refractivity contribution in [3.63, 3.8) is 0 Å². The van der Waals surface area contributed by atoms with Gasteiger partial charge in [0.05, 0.1) is 0 Å². The summed E-state index contributed by atoms with van der Waals surface area (Å²) < 4.78 is 0. The van der Waals surface area contributed by atoms with Gasteiger partial charge in [0.25, 0.3) is 0 Å². The first kappa shape index (κ1) is 15.1. The van der Waals surface area contributed by atoms with Gasteiger partial charge in [-0.25, -0.2) is 0 Å². The number of carbonyl (C=O) groups is 1. The number of nitrogens with two attached hydrogens (primary N) is 2. The molecule has 5 nitrogen and oxygen atoms in total. The first-order valence-electron chi connectivity index (χ1n) is 5.44. The summed E-state index contributed by atoms with van der Waals surface area (Å²) >= 11 is 4.32. The van der Waals surface area contributed by atoms with Crippen LogP contribution in [0.3, 0.4) is 0 Å². The molecule has 0 saturated heterocycles. The van der Waals surface area contributed by atoms with Gasteiger partial charge in [0, 0.05) is 24.8 Å². The number of nitrogens with zero attached hydrogens (tertiary/aromatic N) is 1. The highest BCUT2D eigenvalue weighted by atomic mass is 32.1. The number of thiol groups is 1. The fraction of sp³-hybridized carbons (Fsp3) is 0.800. The number of rotatable bonds is 7. The average Bonchev–Trinajstić information content (AvgIpc) is 2.21. The van der Waals surface area contributed by atoms with Gasteiger partial charge in [-0.3, -0.25) is 9.79 Å². The minimum absolute atomic E-state index is 0.0457. The Morgan fingerprint density at radius 2 is 2.06 bits per heavy atom. The van der Waals surface area contributed by atoms with E-state index in [1.54, 1.807) is 7.05 Å². The molecule has 0 fully saturated rings. The molecule has 0 aliphatic rings. The molecule has 0 aliphatic heterocycles. The van der Waals surface area contributed by atoms with Crippen molar-refractivity contribution in [3.8, 4) is 0 Å². The van der Waals surface area contributed by atoms with Crippen molar-refractivity contribution in [3.05, 3.63) is 0 Å². The molecule has 0 aliphatic carbocycles. The third kappa shape index (κ3) is 6.55. The molecular formula is C10H22N4OS. The summed E-state index contributed by atoms with van der Waals surface area (Å²) in [4.78, 5) is 15.4. The maximum atomic E-state index is 11.5. The van der Waals surface area contributed by atoms with Crippen molar-refractivity contribution < 1.29 is 4.79 Å². The van der Waals surface area contributed by atoms with Crippen LogP contribution in [0.4, 0.5) is 0 Å². The second-order valence-electron chi connectivity index (χ2n) is 3.76. The van der Waals surface area contributed by atoms with E-state index in [9.17, 15) is 4.79 Å². The molecule has 0 radical (unpaired) electrons. The van der Waals surface area contributed by atoms with Gasteiger partial charge in [-0.15, -0.1) is 0 Å². The highest BCUT2D eigenvalue weighted by Crippen LogP contribution is 2.17. The van der Waals surface area contributed by atoms with Gasteiger partial charge in [-0.05, 0) is 12.8 Å². The lowest BCUT2D eigenvalue weighted by atomic mass is 9.98. The molecule has 0 rings (SSSR count). The van der Waals surface area contributed by atoms with E-state index in [0.717, 1.165) is 19.3 Å². The minimum Gasteiger partial charge on any atom is -0.370 e. The SMILES string of the molecule is CNC(=O)[C@H](CCCCN=C(N)N)C(C)S. The minimum atomic E-state index is -0.0486. The zero-order valence-electron chi connectivity index (χ0n) is 9.94. The van der Waals surface area contributed by atoms with Crippen LogP contribution in [0.1, 0.15) is 26.2 Å². The smallest absolute Gasteiger partial charge is 0.223 e. The molecule has 0 bridgehead atoms. The molecule has 0 aromatic rings.